The molecule has 0 aliphatic carbocycles. The number of rotatable bonds is 6. The highest BCUT2D eigenvalue weighted by atomic mass is 16.5. The summed E-state index contributed by atoms with van der Waals surface area (Å²) < 4.78 is 10.5. The Labute approximate surface area is 197 Å². The maximum absolute atomic E-state index is 11.9. The number of imidazole rings is 1. The van der Waals surface area contributed by atoms with Crippen LogP contribution in [-0.2, 0) is 16.0 Å². The fourth-order valence-electron chi connectivity index (χ4n) is 4.07. The number of carbonyl (C=O) groups excluding carboxylic acids is 1. The highest BCUT2D eigenvalue weighted by Crippen LogP contribution is 2.33. The van der Waals surface area contributed by atoms with Crippen molar-refractivity contribution in [1.82, 2.24) is 24.8 Å². The molecule has 174 valence electrons. The van der Waals surface area contributed by atoms with Gasteiger partial charge in [-0.15, -0.1) is 0 Å². The molecule has 4 aromatic rings. The molecule has 1 aliphatic rings. The van der Waals surface area contributed by atoms with Gasteiger partial charge in [0.2, 0.25) is 5.95 Å². The van der Waals surface area contributed by atoms with Crippen molar-refractivity contribution in [3.8, 4) is 22.4 Å². The molecule has 1 fully saturated rings. The number of nitrogens with one attached hydrogen (secondary N) is 2. The molecular weight excluding hydrogens is 432 g/mol. The monoisotopic (exact) mass is 458 g/mol. The van der Waals surface area contributed by atoms with Crippen molar-refractivity contribution in [2.45, 2.75) is 13.5 Å². The molecule has 9 heteroatoms. The number of aromatic amines is 1. The SMILES string of the molecule is CCOC(=O)Nc1nc2c(-c3cc(CN4CCOCC4)ccn3)cc(-c3cccnc3)cc2[nH]1. The van der Waals surface area contributed by atoms with E-state index in [1.165, 1.54) is 5.56 Å². The van der Waals surface area contributed by atoms with Crippen molar-refractivity contribution < 1.29 is 14.3 Å². The van der Waals surface area contributed by atoms with Gasteiger partial charge >= 0.3 is 6.09 Å². The normalized spacial score (nSPS) is 14.3. The molecule has 1 amide bonds. The number of hydrogen-bond donors (Lipinski definition) is 2. The van der Waals surface area contributed by atoms with E-state index in [2.05, 4.69) is 42.3 Å². The molecule has 1 aliphatic heterocycles. The van der Waals surface area contributed by atoms with Crippen LogP contribution in [0.15, 0.2) is 55.0 Å². The van der Waals surface area contributed by atoms with Gasteiger partial charge in [0, 0.05) is 49.4 Å². The second kappa shape index (κ2) is 9.98. The van der Waals surface area contributed by atoms with Crippen molar-refractivity contribution in [3.05, 3.63) is 60.6 Å². The summed E-state index contributed by atoms with van der Waals surface area (Å²) in [5, 5.41) is 2.66. The van der Waals surface area contributed by atoms with Gasteiger partial charge in [0.25, 0.3) is 0 Å². The quantitative estimate of drug-likeness (QED) is 0.448. The molecule has 4 heterocycles. The number of morpholine rings is 1. The number of carbonyl (C=O) groups is 1. The number of amides is 1. The van der Waals surface area contributed by atoms with E-state index < -0.39 is 6.09 Å². The number of fused-ring (bicyclic) bond motifs is 1. The Balaban J connectivity index is 1.56. The maximum Gasteiger partial charge on any atom is 0.413 e. The zero-order chi connectivity index (χ0) is 23.3. The summed E-state index contributed by atoms with van der Waals surface area (Å²) in [6.45, 7) is 6.22. The Morgan fingerprint density at radius 2 is 2.06 bits per heavy atom. The van der Waals surface area contributed by atoms with E-state index in [0.29, 0.717) is 5.95 Å². The third-order valence-corrected chi connectivity index (χ3v) is 5.69. The van der Waals surface area contributed by atoms with Gasteiger partial charge in [0.15, 0.2) is 0 Å². The van der Waals surface area contributed by atoms with Crippen LogP contribution in [0.2, 0.25) is 0 Å². The predicted octanol–water partition coefficient (Wildman–Crippen LogP) is 4.09. The zero-order valence-corrected chi connectivity index (χ0v) is 19.0. The molecule has 0 unspecified atom stereocenters. The smallest absolute Gasteiger partial charge is 0.413 e. The lowest BCUT2D eigenvalue weighted by molar-refractivity contribution is 0.0342. The van der Waals surface area contributed by atoms with E-state index in [9.17, 15) is 4.79 Å². The minimum absolute atomic E-state index is 0.280. The first-order chi connectivity index (χ1) is 16.7. The first-order valence-electron chi connectivity index (χ1n) is 11.3. The van der Waals surface area contributed by atoms with Crippen LogP contribution in [0.5, 0.6) is 0 Å². The first kappa shape index (κ1) is 22.0. The number of pyridine rings is 2. The summed E-state index contributed by atoms with van der Waals surface area (Å²) in [7, 11) is 0. The number of hydrogen-bond acceptors (Lipinski definition) is 7. The number of ether oxygens (including phenoxy) is 2. The largest absolute Gasteiger partial charge is 0.450 e. The Kier molecular flexibility index (Phi) is 6.46. The van der Waals surface area contributed by atoms with Crippen LogP contribution in [0, 0.1) is 0 Å². The summed E-state index contributed by atoms with van der Waals surface area (Å²) >= 11 is 0. The molecule has 3 aromatic heterocycles. The van der Waals surface area contributed by atoms with Crippen LogP contribution < -0.4 is 5.32 Å². The van der Waals surface area contributed by atoms with E-state index in [-0.39, 0.29) is 6.61 Å². The van der Waals surface area contributed by atoms with Gasteiger partial charge in [-0.1, -0.05) is 6.07 Å². The molecule has 0 atom stereocenters. The number of H-pyrrole nitrogens is 1. The lowest BCUT2D eigenvalue weighted by Crippen LogP contribution is -2.35. The maximum atomic E-state index is 11.9. The molecule has 0 bridgehead atoms. The third kappa shape index (κ3) is 4.90. The molecule has 5 rings (SSSR count). The molecule has 2 N–H and O–H groups in total. The van der Waals surface area contributed by atoms with Crippen LogP contribution in [0.25, 0.3) is 33.4 Å². The fourth-order valence-corrected chi connectivity index (χ4v) is 4.07. The molecule has 1 aromatic carbocycles. The van der Waals surface area contributed by atoms with E-state index in [1.54, 1.807) is 13.1 Å². The standard InChI is InChI=1S/C25H26N6O3/c1-2-34-25(32)30-24-28-22-14-19(18-4-3-6-26-15-18)13-20(23(22)29-24)21-12-17(5-7-27-21)16-31-8-10-33-11-9-31/h3-7,12-15H,2,8-11,16H2,1H3,(H2,28,29,30,32). The number of benzene rings is 1. The summed E-state index contributed by atoms with van der Waals surface area (Å²) in [6, 6.07) is 12.1. The minimum Gasteiger partial charge on any atom is -0.450 e. The molecule has 9 nitrogen and oxygen atoms in total. The topological polar surface area (TPSA) is 105 Å². The number of anilines is 1. The Morgan fingerprint density at radius 1 is 1.18 bits per heavy atom. The average molecular weight is 459 g/mol. The Hall–Kier alpha value is -3.82. The Morgan fingerprint density at radius 3 is 2.85 bits per heavy atom. The van der Waals surface area contributed by atoms with E-state index >= 15 is 0 Å². The highest BCUT2D eigenvalue weighted by molar-refractivity contribution is 5.97. The van der Waals surface area contributed by atoms with Gasteiger partial charge in [0.1, 0.15) is 0 Å². The lowest BCUT2D eigenvalue weighted by atomic mass is 10.00. The van der Waals surface area contributed by atoms with Gasteiger partial charge in [-0.25, -0.2) is 9.78 Å². The molecule has 0 saturated carbocycles. The van der Waals surface area contributed by atoms with Crippen molar-refractivity contribution in [2.24, 2.45) is 0 Å². The van der Waals surface area contributed by atoms with Crippen molar-refractivity contribution in [1.29, 1.82) is 0 Å². The zero-order valence-electron chi connectivity index (χ0n) is 19.0. The first-order valence-corrected chi connectivity index (χ1v) is 11.3. The van der Waals surface area contributed by atoms with Crippen LogP contribution in [0.3, 0.4) is 0 Å². The molecule has 1 saturated heterocycles. The Bertz CT molecular complexity index is 1280. The average Bonchev–Trinajstić information content (AvgIpc) is 3.27. The second-order valence-corrected chi connectivity index (χ2v) is 8.03. The van der Waals surface area contributed by atoms with E-state index in [1.807, 2.05) is 36.7 Å². The molecule has 34 heavy (non-hydrogen) atoms. The summed E-state index contributed by atoms with van der Waals surface area (Å²) in [4.78, 5) is 31.1. The fraction of sp³-hybridized carbons (Fsp3) is 0.280. The summed E-state index contributed by atoms with van der Waals surface area (Å²) in [6.07, 6.45) is 4.85. The lowest BCUT2D eigenvalue weighted by Gasteiger charge is -2.26. The second-order valence-electron chi connectivity index (χ2n) is 8.03. The van der Waals surface area contributed by atoms with E-state index in [0.717, 1.165) is 66.3 Å². The van der Waals surface area contributed by atoms with Crippen LogP contribution in [-0.4, -0.2) is 63.8 Å². The van der Waals surface area contributed by atoms with Gasteiger partial charge in [-0.3, -0.25) is 20.2 Å². The summed E-state index contributed by atoms with van der Waals surface area (Å²) in [5.74, 6) is 0.322. The van der Waals surface area contributed by atoms with Crippen LogP contribution in [0.4, 0.5) is 10.7 Å². The summed E-state index contributed by atoms with van der Waals surface area (Å²) in [5.41, 5.74) is 6.31. The molecule has 0 radical (unpaired) electrons. The van der Waals surface area contributed by atoms with Gasteiger partial charge in [-0.2, -0.15) is 0 Å². The predicted molar refractivity (Wildman–Crippen MR) is 129 cm³/mol. The minimum atomic E-state index is -0.554. The van der Waals surface area contributed by atoms with Crippen molar-refractivity contribution >= 4 is 23.1 Å². The van der Waals surface area contributed by atoms with Gasteiger partial charge in [0.05, 0.1) is 36.5 Å². The number of nitrogens with zero attached hydrogens (tertiary/aromatic N) is 4. The van der Waals surface area contributed by atoms with Gasteiger partial charge < -0.3 is 14.5 Å². The molecule has 0 spiro atoms. The van der Waals surface area contributed by atoms with Crippen LogP contribution in [0.1, 0.15) is 12.5 Å². The van der Waals surface area contributed by atoms with E-state index in [4.69, 9.17) is 9.47 Å². The molecular formula is C25H26N6O3. The third-order valence-electron chi connectivity index (χ3n) is 5.69. The van der Waals surface area contributed by atoms with Crippen molar-refractivity contribution in [2.75, 3.05) is 38.2 Å². The highest BCUT2D eigenvalue weighted by Gasteiger charge is 2.16. The van der Waals surface area contributed by atoms with Crippen LogP contribution >= 0.6 is 0 Å². The van der Waals surface area contributed by atoms with Gasteiger partial charge in [-0.05, 0) is 48.4 Å². The number of aromatic nitrogens is 4. The van der Waals surface area contributed by atoms with Crippen molar-refractivity contribution in [3.63, 3.8) is 0 Å².